The van der Waals surface area contributed by atoms with E-state index in [4.69, 9.17) is 0 Å². The van der Waals surface area contributed by atoms with E-state index < -0.39 is 0 Å². The predicted molar refractivity (Wildman–Crippen MR) is 43.1 cm³/mol. The largest absolute Gasteiger partial charge is 0.207 e. The SMILES string of the molecule is Cc1cc(S)cc(F)c1C. The summed E-state index contributed by atoms with van der Waals surface area (Å²) in [4.78, 5) is 0.681. The number of halogens is 1. The van der Waals surface area contributed by atoms with Gasteiger partial charge in [0.1, 0.15) is 5.82 Å². The molecule has 2 heteroatoms. The average molecular weight is 156 g/mol. The van der Waals surface area contributed by atoms with Crippen LogP contribution in [0.15, 0.2) is 17.0 Å². The summed E-state index contributed by atoms with van der Waals surface area (Å²) in [6, 6.07) is 3.27. The van der Waals surface area contributed by atoms with Gasteiger partial charge in [-0.1, -0.05) is 0 Å². The van der Waals surface area contributed by atoms with E-state index in [1.54, 1.807) is 6.92 Å². The highest BCUT2D eigenvalue weighted by Gasteiger charge is 2.00. The van der Waals surface area contributed by atoms with E-state index in [2.05, 4.69) is 12.6 Å². The van der Waals surface area contributed by atoms with Crippen molar-refractivity contribution in [3.63, 3.8) is 0 Å². The molecule has 0 nitrogen and oxygen atoms in total. The van der Waals surface area contributed by atoms with Crippen LogP contribution in [0.4, 0.5) is 4.39 Å². The highest BCUT2D eigenvalue weighted by Crippen LogP contribution is 2.16. The molecule has 0 aliphatic carbocycles. The zero-order chi connectivity index (χ0) is 7.72. The van der Waals surface area contributed by atoms with Crippen LogP contribution in [0.25, 0.3) is 0 Å². The molecule has 0 radical (unpaired) electrons. The summed E-state index contributed by atoms with van der Waals surface area (Å²) in [6.45, 7) is 3.63. The van der Waals surface area contributed by atoms with Crippen molar-refractivity contribution in [2.75, 3.05) is 0 Å². The van der Waals surface area contributed by atoms with Gasteiger partial charge in [-0.05, 0) is 37.1 Å². The highest BCUT2D eigenvalue weighted by molar-refractivity contribution is 7.80. The Kier molecular flexibility index (Phi) is 2.00. The normalized spacial score (nSPS) is 10.0. The van der Waals surface area contributed by atoms with Crippen molar-refractivity contribution in [3.05, 3.63) is 29.1 Å². The molecule has 0 heterocycles. The molecule has 1 aromatic rings. The van der Waals surface area contributed by atoms with Crippen LogP contribution >= 0.6 is 12.6 Å². The fraction of sp³-hybridized carbons (Fsp3) is 0.250. The second-order valence-electron chi connectivity index (χ2n) is 2.37. The van der Waals surface area contributed by atoms with Gasteiger partial charge in [0, 0.05) is 4.90 Å². The minimum atomic E-state index is -0.176. The zero-order valence-electron chi connectivity index (χ0n) is 5.98. The molecule has 0 spiro atoms. The van der Waals surface area contributed by atoms with Crippen molar-refractivity contribution in [1.82, 2.24) is 0 Å². The Morgan fingerprint density at radius 3 is 2.40 bits per heavy atom. The molecule has 0 aliphatic rings. The van der Waals surface area contributed by atoms with Crippen molar-refractivity contribution >= 4 is 12.6 Å². The molecule has 1 rings (SSSR count). The van der Waals surface area contributed by atoms with Crippen molar-refractivity contribution in [2.45, 2.75) is 18.7 Å². The van der Waals surface area contributed by atoms with Crippen LogP contribution < -0.4 is 0 Å². The fourth-order valence-corrected chi connectivity index (χ4v) is 1.11. The monoisotopic (exact) mass is 156 g/mol. The third-order valence-electron chi connectivity index (χ3n) is 1.59. The lowest BCUT2D eigenvalue weighted by Crippen LogP contribution is -1.86. The minimum absolute atomic E-state index is 0.176. The van der Waals surface area contributed by atoms with E-state index in [1.807, 2.05) is 13.0 Å². The van der Waals surface area contributed by atoms with Crippen LogP contribution in [0.2, 0.25) is 0 Å². The first-order valence-electron chi connectivity index (χ1n) is 3.07. The molecular formula is C8H9FS. The summed E-state index contributed by atoms with van der Waals surface area (Å²) in [5, 5.41) is 0. The van der Waals surface area contributed by atoms with Crippen molar-refractivity contribution < 1.29 is 4.39 Å². The van der Waals surface area contributed by atoms with E-state index >= 15 is 0 Å². The molecule has 1 aromatic carbocycles. The summed E-state index contributed by atoms with van der Waals surface area (Å²) in [5.41, 5.74) is 1.66. The third kappa shape index (κ3) is 1.32. The van der Waals surface area contributed by atoms with Gasteiger partial charge in [0.25, 0.3) is 0 Å². The lowest BCUT2D eigenvalue weighted by molar-refractivity contribution is 0.613. The molecule has 0 unspecified atom stereocenters. The van der Waals surface area contributed by atoms with Gasteiger partial charge in [-0.25, -0.2) is 4.39 Å². The first-order valence-corrected chi connectivity index (χ1v) is 3.51. The maximum atomic E-state index is 12.8. The number of rotatable bonds is 0. The van der Waals surface area contributed by atoms with Gasteiger partial charge in [-0.3, -0.25) is 0 Å². The van der Waals surface area contributed by atoms with Crippen LogP contribution in [0.3, 0.4) is 0 Å². The smallest absolute Gasteiger partial charge is 0.127 e. The Hall–Kier alpha value is -0.500. The Balaban J connectivity index is 3.31. The van der Waals surface area contributed by atoms with Gasteiger partial charge in [0.2, 0.25) is 0 Å². The molecule has 0 aromatic heterocycles. The van der Waals surface area contributed by atoms with E-state index in [1.165, 1.54) is 6.07 Å². The number of hydrogen-bond acceptors (Lipinski definition) is 1. The lowest BCUT2D eigenvalue weighted by atomic mass is 10.1. The Morgan fingerprint density at radius 1 is 1.30 bits per heavy atom. The highest BCUT2D eigenvalue weighted by atomic mass is 32.1. The summed E-state index contributed by atoms with van der Waals surface area (Å²) in [7, 11) is 0. The Bertz CT molecular complexity index is 232. The van der Waals surface area contributed by atoms with Crippen molar-refractivity contribution in [3.8, 4) is 0 Å². The van der Waals surface area contributed by atoms with Crippen LogP contribution in [0, 0.1) is 19.7 Å². The first kappa shape index (κ1) is 7.61. The van der Waals surface area contributed by atoms with E-state index in [-0.39, 0.29) is 5.82 Å². The lowest BCUT2D eigenvalue weighted by Gasteiger charge is -2.01. The van der Waals surface area contributed by atoms with E-state index in [0.29, 0.717) is 10.5 Å². The molecule has 0 saturated heterocycles. The van der Waals surface area contributed by atoms with E-state index in [0.717, 1.165) is 5.56 Å². The van der Waals surface area contributed by atoms with Gasteiger partial charge in [0.05, 0.1) is 0 Å². The molecule has 0 N–H and O–H groups in total. The zero-order valence-corrected chi connectivity index (χ0v) is 6.87. The molecule has 0 bridgehead atoms. The number of aryl methyl sites for hydroxylation is 1. The van der Waals surface area contributed by atoms with Crippen LogP contribution in [-0.2, 0) is 0 Å². The topological polar surface area (TPSA) is 0 Å². The molecule has 54 valence electrons. The van der Waals surface area contributed by atoms with Gasteiger partial charge in [-0.2, -0.15) is 0 Å². The second kappa shape index (κ2) is 2.62. The van der Waals surface area contributed by atoms with E-state index in [9.17, 15) is 4.39 Å². The molecule has 0 aliphatic heterocycles. The molecular weight excluding hydrogens is 147 g/mol. The Labute approximate surface area is 65.5 Å². The summed E-state index contributed by atoms with van der Waals surface area (Å²) < 4.78 is 12.8. The van der Waals surface area contributed by atoms with Crippen molar-refractivity contribution in [2.24, 2.45) is 0 Å². The van der Waals surface area contributed by atoms with Gasteiger partial charge >= 0.3 is 0 Å². The third-order valence-corrected chi connectivity index (χ3v) is 1.85. The fourth-order valence-electron chi connectivity index (χ4n) is 0.798. The summed E-state index contributed by atoms with van der Waals surface area (Å²) >= 11 is 4.03. The molecule has 0 saturated carbocycles. The molecule has 0 amide bonds. The molecule has 0 atom stereocenters. The summed E-state index contributed by atoms with van der Waals surface area (Å²) in [6.07, 6.45) is 0. The number of benzene rings is 1. The standard InChI is InChI=1S/C8H9FS/c1-5-3-7(10)4-8(9)6(5)2/h3-4,10H,1-2H3. The van der Waals surface area contributed by atoms with Crippen molar-refractivity contribution in [1.29, 1.82) is 0 Å². The van der Waals surface area contributed by atoms with Crippen LogP contribution in [-0.4, -0.2) is 0 Å². The van der Waals surface area contributed by atoms with Crippen LogP contribution in [0.5, 0.6) is 0 Å². The molecule has 10 heavy (non-hydrogen) atoms. The molecule has 0 fully saturated rings. The average Bonchev–Trinajstić information content (AvgIpc) is 1.82. The predicted octanol–water partition coefficient (Wildman–Crippen LogP) is 2.73. The minimum Gasteiger partial charge on any atom is -0.207 e. The van der Waals surface area contributed by atoms with Gasteiger partial charge in [-0.15, -0.1) is 12.6 Å². The Morgan fingerprint density at radius 2 is 1.90 bits per heavy atom. The number of thiol groups is 1. The maximum absolute atomic E-state index is 12.8. The quantitative estimate of drug-likeness (QED) is 0.548. The maximum Gasteiger partial charge on any atom is 0.127 e. The number of hydrogen-bond donors (Lipinski definition) is 1. The van der Waals surface area contributed by atoms with Gasteiger partial charge in [0.15, 0.2) is 0 Å². The van der Waals surface area contributed by atoms with Gasteiger partial charge < -0.3 is 0 Å². The van der Waals surface area contributed by atoms with Crippen LogP contribution in [0.1, 0.15) is 11.1 Å². The second-order valence-corrected chi connectivity index (χ2v) is 2.89. The summed E-state index contributed by atoms with van der Waals surface area (Å²) in [5.74, 6) is -0.176. The first-order chi connectivity index (χ1) is 4.61.